The van der Waals surface area contributed by atoms with Gasteiger partial charge in [-0.2, -0.15) is 5.26 Å². The van der Waals surface area contributed by atoms with Gasteiger partial charge in [-0.1, -0.05) is 30.0 Å². The monoisotopic (exact) mass is 390 g/mol. The van der Waals surface area contributed by atoms with Crippen LogP contribution in [0.4, 0.5) is 0 Å². The average Bonchev–Trinajstić information content (AvgIpc) is 3.14. The van der Waals surface area contributed by atoms with Crippen molar-refractivity contribution >= 4 is 17.7 Å². The Hall–Kier alpha value is -3.04. The van der Waals surface area contributed by atoms with E-state index in [9.17, 15) is 4.79 Å². The van der Waals surface area contributed by atoms with Gasteiger partial charge in [0.05, 0.1) is 23.4 Å². The molecule has 1 aromatic heterocycles. The van der Waals surface area contributed by atoms with Crippen molar-refractivity contribution in [2.24, 2.45) is 0 Å². The van der Waals surface area contributed by atoms with Crippen molar-refractivity contribution in [2.75, 3.05) is 5.75 Å². The average molecular weight is 391 g/mol. The van der Waals surface area contributed by atoms with E-state index in [1.54, 1.807) is 18.3 Å². The van der Waals surface area contributed by atoms with Crippen molar-refractivity contribution < 1.29 is 4.79 Å². The van der Waals surface area contributed by atoms with E-state index >= 15 is 0 Å². The number of amides is 1. The summed E-state index contributed by atoms with van der Waals surface area (Å²) in [5, 5.41) is 12.7. The summed E-state index contributed by atoms with van der Waals surface area (Å²) in [6, 6.07) is 15.6. The number of benzene rings is 2. The van der Waals surface area contributed by atoms with E-state index in [0.717, 1.165) is 16.4 Å². The van der Waals surface area contributed by atoms with Crippen molar-refractivity contribution in [3.8, 4) is 11.8 Å². The lowest BCUT2D eigenvalue weighted by Crippen LogP contribution is -2.28. The van der Waals surface area contributed by atoms with Crippen LogP contribution in [0.1, 0.15) is 35.2 Å². The van der Waals surface area contributed by atoms with Crippen LogP contribution in [-0.2, 0) is 4.79 Å². The molecule has 1 heterocycles. The zero-order valence-electron chi connectivity index (χ0n) is 16.1. The molecule has 28 heavy (non-hydrogen) atoms. The molecule has 0 saturated carbocycles. The summed E-state index contributed by atoms with van der Waals surface area (Å²) in [6.07, 6.45) is 3.66. The van der Waals surface area contributed by atoms with Crippen LogP contribution in [0.15, 0.2) is 60.0 Å². The highest BCUT2D eigenvalue weighted by molar-refractivity contribution is 7.99. The highest BCUT2D eigenvalue weighted by Gasteiger charge is 2.13. The maximum Gasteiger partial charge on any atom is 0.230 e. The Kier molecular flexibility index (Phi) is 6.17. The van der Waals surface area contributed by atoms with Crippen molar-refractivity contribution in [3.63, 3.8) is 0 Å². The second-order valence-corrected chi connectivity index (χ2v) is 7.68. The highest BCUT2D eigenvalue weighted by Crippen LogP contribution is 2.22. The van der Waals surface area contributed by atoms with Gasteiger partial charge in [0.25, 0.3) is 0 Å². The number of rotatable bonds is 6. The topological polar surface area (TPSA) is 70.7 Å². The van der Waals surface area contributed by atoms with Gasteiger partial charge in [0.1, 0.15) is 0 Å². The first-order valence-electron chi connectivity index (χ1n) is 9.00. The molecule has 0 radical (unpaired) electrons. The van der Waals surface area contributed by atoms with Crippen LogP contribution in [0.3, 0.4) is 0 Å². The van der Waals surface area contributed by atoms with Crippen molar-refractivity contribution in [2.45, 2.75) is 32.0 Å². The second-order valence-electron chi connectivity index (χ2n) is 6.74. The van der Waals surface area contributed by atoms with Crippen LogP contribution in [0.5, 0.6) is 0 Å². The van der Waals surface area contributed by atoms with Crippen LogP contribution in [0.25, 0.3) is 5.69 Å². The first kappa shape index (κ1) is 19.7. The summed E-state index contributed by atoms with van der Waals surface area (Å²) in [5.41, 5.74) is 5.00. The lowest BCUT2D eigenvalue weighted by Gasteiger charge is -2.14. The lowest BCUT2D eigenvalue weighted by molar-refractivity contribution is -0.119. The Morgan fingerprint density at radius 2 is 1.89 bits per heavy atom. The third-order valence-corrected chi connectivity index (χ3v) is 5.31. The zero-order chi connectivity index (χ0) is 20.1. The van der Waals surface area contributed by atoms with E-state index < -0.39 is 0 Å². The normalized spacial score (nSPS) is 11.6. The van der Waals surface area contributed by atoms with Crippen molar-refractivity contribution in [3.05, 3.63) is 77.1 Å². The number of aromatic nitrogens is 2. The van der Waals surface area contributed by atoms with Gasteiger partial charge < -0.3 is 5.32 Å². The molecule has 1 amide bonds. The SMILES string of the molecule is Cc1cc(C)cc(-n2ccnc2SCC(=O)NC(C)c2ccc(C#N)cc2)c1. The Balaban J connectivity index is 1.62. The number of aryl methyl sites for hydroxylation is 2. The molecule has 0 bridgehead atoms. The molecule has 0 aliphatic carbocycles. The van der Waals surface area contributed by atoms with Gasteiger partial charge in [-0.05, 0) is 61.7 Å². The van der Waals surface area contributed by atoms with Gasteiger partial charge in [-0.3, -0.25) is 9.36 Å². The number of carbonyl (C=O) groups is 1. The van der Waals surface area contributed by atoms with Gasteiger partial charge in [-0.15, -0.1) is 0 Å². The van der Waals surface area contributed by atoms with Gasteiger partial charge in [0.2, 0.25) is 5.91 Å². The van der Waals surface area contributed by atoms with Crippen molar-refractivity contribution in [1.29, 1.82) is 5.26 Å². The molecule has 5 nitrogen and oxygen atoms in total. The van der Waals surface area contributed by atoms with E-state index in [1.807, 2.05) is 29.8 Å². The van der Waals surface area contributed by atoms with E-state index in [1.165, 1.54) is 22.9 Å². The van der Waals surface area contributed by atoms with Crippen LogP contribution in [0, 0.1) is 25.2 Å². The van der Waals surface area contributed by atoms with E-state index in [2.05, 4.69) is 48.4 Å². The molecule has 1 N–H and O–H groups in total. The number of nitrogens with one attached hydrogen (secondary N) is 1. The Bertz CT molecular complexity index is 998. The Morgan fingerprint density at radius 1 is 1.21 bits per heavy atom. The minimum absolute atomic E-state index is 0.0585. The summed E-state index contributed by atoms with van der Waals surface area (Å²) < 4.78 is 2.00. The molecule has 0 fully saturated rings. The molecule has 0 saturated heterocycles. The number of thioether (sulfide) groups is 1. The number of hydrogen-bond acceptors (Lipinski definition) is 4. The maximum atomic E-state index is 12.4. The summed E-state index contributed by atoms with van der Waals surface area (Å²) in [5.74, 6) is 0.222. The minimum Gasteiger partial charge on any atom is -0.349 e. The predicted molar refractivity (Wildman–Crippen MR) is 111 cm³/mol. The Labute approximate surface area is 169 Å². The number of imidazole rings is 1. The van der Waals surface area contributed by atoms with Crippen LogP contribution in [0.2, 0.25) is 0 Å². The predicted octanol–water partition coefficient (Wildman–Crippen LogP) is 4.33. The highest BCUT2D eigenvalue weighted by atomic mass is 32.2. The number of hydrogen-bond donors (Lipinski definition) is 1. The fourth-order valence-electron chi connectivity index (χ4n) is 3.03. The molecule has 0 spiro atoms. The van der Waals surface area contributed by atoms with Crippen LogP contribution < -0.4 is 5.32 Å². The standard InChI is InChI=1S/C22H22N4OS/c1-15-10-16(2)12-20(11-15)26-9-8-24-22(26)28-14-21(27)25-17(3)19-6-4-18(13-23)5-7-19/h4-12,17H,14H2,1-3H3,(H,25,27). The number of carbonyl (C=O) groups excluding carboxylic acids is 1. The van der Waals surface area contributed by atoms with E-state index in [4.69, 9.17) is 5.26 Å². The molecular weight excluding hydrogens is 368 g/mol. The zero-order valence-corrected chi connectivity index (χ0v) is 17.0. The number of nitriles is 1. The molecule has 1 atom stereocenters. The summed E-state index contributed by atoms with van der Waals surface area (Å²) in [4.78, 5) is 16.8. The van der Waals surface area contributed by atoms with Gasteiger partial charge in [0, 0.05) is 18.1 Å². The van der Waals surface area contributed by atoms with Crippen LogP contribution >= 0.6 is 11.8 Å². The largest absolute Gasteiger partial charge is 0.349 e. The molecule has 2 aromatic carbocycles. The molecule has 0 aliphatic rings. The molecule has 3 rings (SSSR count). The van der Waals surface area contributed by atoms with Crippen LogP contribution in [-0.4, -0.2) is 21.2 Å². The van der Waals surface area contributed by atoms with Gasteiger partial charge >= 0.3 is 0 Å². The third-order valence-electron chi connectivity index (χ3n) is 4.34. The molecule has 6 heteroatoms. The Morgan fingerprint density at radius 3 is 2.54 bits per heavy atom. The second kappa shape index (κ2) is 8.77. The first-order valence-corrected chi connectivity index (χ1v) is 9.99. The van der Waals surface area contributed by atoms with Crippen molar-refractivity contribution in [1.82, 2.24) is 14.9 Å². The van der Waals surface area contributed by atoms with E-state index in [-0.39, 0.29) is 17.7 Å². The summed E-state index contributed by atoms with van der Waals surface area (Å²) in [6.45, 7) is 6.07. The van der Waals surface area contributed by atoms with E-state index in [0.29, 0.717) is 5.56 Å². The number of nitrogens with zero attached hydrogens (tertiary/aromatic N) is 3. The fraction of sp³-hybridized carbons (Fsp3) is 0.227. The van der Waals surface area contributed by atoms with Gasteiger partial charge in [-0.25, -0.2) is 4.98 Å². The lowest BCUT2D eigenvalue weighted by atomic mass is 10.1. The minimum atomic E-state index is -0.125. The molecule has 0 aliphatic heterocycles. The molecule has 142 valence electrons. The van der Waals surface area contributed by atoms with Gasteiger partial charge in [0.15, 0.2) is 5.16 Å². The fourth-order valence-corrected chi connectivity index (χ4v) is 3.81. The quantitative estimate of drug-likeness (QED) is 0.636. The molecular formula is C22H22N4OS. The molecule has 1 unspecified atom stereocenters. The first-order chi connectivity index (χ1) is 13.5. The third kappa shape index (κ3) is 4.81. The molecule has 3 aromatic rings. The smallest absolute Gasteiger partial charge is 0.230 e. The summed E-state index contributed by atoms with van der Waals surface area (Å²) in [7, 11) is 0. The summed E-state index contributed by atoms with van der Waals surface area (Å²) >= 11 is 1.41. The maximum absolute atomic E-state index is 12.4.